The van der Waals surface area contributed by atoms with Gasteiger partial charge in [0, 0.05) is 19.1 Å². The van der Waals surface area contributed by atoms with Gasteiger partial charge in [-0.05, 0) is 44.0 Å². The standard InChI is InChI=1S/C17H23ClN2O3/c1-3-23-15-8-11(7-13(18)16(15)22-2)10-20-6-4-5-12-14(20)9-19-17(12)21/h7-8,12,14H,3-6,9-10H2,1-2H3,(H,19,21)/t12-,14-/m1/s1. The summed E-state index contributed by atoms with van der Waals surface area (Å²) in [7, 11) is 1.59. The minimum Gasteiger partial charge on any atom is -0.491 e. The maximum atomic E-state index is 11.9. The zero-order valence-electron chi connectivity index (χ0n) is 13.6. The normalized spacial score (nSPS) is 24.2. The summed E-state index contributed by atoms with van der Waals surface area (Å²) < 4.78 is 11.0. The van der Waals surface area contributed by atoms with Crippen molar-refractivity contribution in [3.8, 4) is 11.5 Å². The van der Waals surface area contributed by atoms with E-state index >= 15 is 0 Å². The van der Waals surface area contributed by atoms with Crippen LogP contribution in [0.2, 0.25) is 5.02 Å². The molecule has 2 aliphatic heterocycles. The quantitative estimate of drug-likeness (QED) is 0.896. The number of hydrogen-bond donors (Lipinski definition) is 1. The van der Waals surface area contributed by atoms with Gasteiger partial charge in [-0.2, -0.15) is 0 Å². The number of piperidine rings is 1. The van der Waals surface area contributed by atoms with Gasteiger partial charge in [-0.3, -0.25) is 9.69 Å². The van der Waals surface area contributed by atoms with E-state index in [1.165, 1.54) is 0 Å². The lowest BCUT2D eigenvalue weighted by molar-refractivity contribution is -0.124. The summed E-state index contributed by atoms with van der Waals surface area (Å²) in [6.45, 7) is 5.00. The molecule has 0 radical (unpaired) electrons. The molecule has 3 rings (SSSR count). The van der Waals surface area contributed by atoms with Crippen molar-refractivity contribution in [1.82, 2.24) is 10.2 Å². The van der Waals surface area contributed by atoms with Crippen LogP contribution in [0, 0.1) is 5.92 Å². The van der Waals surface area contributed by atoms with Crippen molar-refractivity contribution in [2.24, 2.45) is 5.92 Å². The maximum absolute atomic E-state index is 11.9. The molecule has 23 heavy (non-hydrogen) atoms. The largest absolute Gasteiger partial charge is 0.491 e. The average molecular weight is 339 g/mol. The lowest BCUT2D eigenvalue weighted by Crippen LogP contribution is -2.44. The van der Waals surface area contributed by atoms with Gasteiger partial charge >= 0.3 is 0 Å². The first-order valence-electron chi connectivity index (χ1n) is 8.15. The van der Waals surface area contributed by atoms with Gasteiger partial charge in [-0.1, -0.05) is 11.6 Å². The number of carbonyl (C=O) groups is 1. The van der Waals surface area contributed by atoms with E-state index in [4.69, 9.17) is 21.1 Å². The summed E-state index contributed by atoms with van der Waals surface area (Å²) >= 11 is 6.33. The lowest BCUT2D eigenvalue weighted by Gasteiger charge is -2.36. The first kappa shape index (κ1) is 16.4. The topological polar surface area (TPSA) is 50.8 Å². The summed E-state index contributed by atoms with van der Waals surface area (Å²) in [5, 5.41) is 3.55. The van der Waals surface area contributed by atoms with Crippen LogP contribution in [0.4, 0.5) is 0 Å². The van der Waals surface area contributed by atoms with Crippen molar-refractivity contribution >= 4 is 17.5 Å². The molecule has 2 atom stereocenters. The Morgan fingerprint density at radius 1 is 1.43 bits per heavy atom. The Bertz CT molecular complexity index is 593. The van der Waals surface area contributed by atoms with Crippen molar-refractivity contribution in [3.05, 3.63) is 22.7 Å². The first-order chi connectivity index (χ1) is 11.1. The number of amides is 1. The molecule has 1 N–H and O–H groups in total. The summed E-state index contributed by atoms with van der Waals surface area (Å²) in [6, 6.07) is 4.20. The minimum absolute atomic E-state index is 0.129. The molecule has 1 aromatic carbocycles. The number of nitrogens with zero attached hydrogens (tertiary/aromatic N) is 1. The van der Waals surface area contributed by atoms with E-state index in [1.54, 1.807) is 7.11 Å². The van der Waals surface area contributed by atoms with Crippen molar-refractivity contribution in [1.29, 1.82) is 0 Å². The van der Waals surface area contributed by atoms with E-state index in [2.05, 4.69) is 10.2 Å². The molecule has 0 spiro atoms. The second kappa shape index (κ2) is 6.97. The highest BCUT2D eigenvalue weighted by molar-refractivity contribution is 6.32. The van der Waals surface area contributed by atoms with Crippen LogP contribution in [0.15, 0.2) is 12.1 Å². The number of ether oxygens (including phenoxy) is 2. The van der Waals surface area contributed by atoms with Gasteiger partial charge in [-0.25, -0.2) is 0 Å². The smallest absolute Gasteiger partial charge is 0.224 e. The van der Waals surface area contributed by atoms with Gasteiger partial charge in [0.05, 0.1) is 24.7 Å². The number of halogens is 1. The highest BCUT2D eigenvalue weighted by Gasteiger charge is 2.40. The van der Waals surface area contributed by atoms with E-state index in [9.17, 15) is 4.79 Å². The number of carbonyl (C=O) groups excluding carboxylic acids is 1. The average Bonchev–Trinajstić information content (AvgIpc) is 2.90. The Morgan fingerprint density at radius 2 is 2.26 bits per heavy atom. The molecule has 0 unspecified atom stereocenters. The monoisotopic (exact) mass is 338 g/mol. The summed E-state index contributed by atoms with van der Waals surface area (Å²) in [5.41, 5.74) is 1.08. The Balaban J connectivity index is 1.80. The number of hydrogen-bond acceptors (Lipinski definition) is 4. The lowest BCUT2D eigenvalue weighted by atomic mass is 9.91. The third-order valence-corrected chi connectivity index (χ3v) is 4.96. The fraction of sp³-hybridized carbons (Fsp3) is 0.588. The van der Waals surface area contributed by atoms with E-state index in [-0.39, 0.29) is 17.9 Å². The van der Waals surface area contributed by atoms with Gasteiger partial charge in [-0.15, -0.1) is 0 Å². The zero-order valence-corrected chi connectivity index (χ0v) is 14.4. The van der Waals surface area contributed by atoms with Crippen LogP contribution in [0.1, 0.15) is 25.3 Å². The number of likely N-dealkylation sites (tertiary alicyclic amines) is 1. The van der Waals surface area contributed by atoms with Crippen molar-refractivity contribution in [3.63, 3.8) is 0 Å². The SMILES string of the molecule is CCOc1cc(CN2CCC[C@H]3C(=O)NC[C@H]32)cc(Cl)c1OC. The molecule has 2 saturated heterocycles. The van der Waals surface area contributed by atoms with Crippen molar-refractivity contribution in [2.75, 3.05) is 26.8 Å². The molecule has 1 amide bonds. The van der Waals surface area contributed by atoms with Crippen LogP contribution in [-0.4, -0.2) is 43.7 Å². The fourth-order valence-electron chi connectivity index (χ4n) is 3.64. The summed E-state index contributed by atoms with van der Waals surface area (Å²) in [6.07, 6.45) is 2.04. The van der Waals surface area contributed by atoms with Crippen LogP contribution in [0.5, 0.6) is 11.5 Å². The minimum atomic E-state index is 0.129. The Morgan fingerprint density at radius 3 is 3.00 bits per heavy atom. The summed E-state index contributed by atoms with van der Waals surface area (Å²) in [4.78, 5) is 14.3. The second-order valence-corrected chi connectivity index (χ2v) is 6.48. The molecule has 126 valence electrons. The van der Waals surface area contributed by atoms with Crippen LogP contribution in [0.3, 0.4) is 0 Å². The third-order valence-electron chi connectivity index (χ3n) is 4.68. The Labute approximate surface area is 141 Å². The van der Waals surface area contributed by atoms with Crippen molar-refractivity contribution in [2.45, 2.75) is 32.4 Å². The molecular formula is C17H23ClN2O3. The number of nitrogens with one attached hydrogen (secondary N) is 1. The Hall–Kier alpha value is -1.46. The molecule has 2 heterocycles. The predicted molar refractivity (Wildman–Crippen MR) is 89.1 cm³/mol. The molecule has 0 aliphatic carbocycles. The predicted octanol–water partition coefficient (Wildman–Crippen LogP) is 2.46. The highest BCUT2D eigenvalue weighted by Crippen LogP contribution is 2.37. The molecule has 6 heteroatoms. The van der Waals surface area contributed by atoms with Crippen molar-refractivity contribution < 1.29 is 14.3 Å². The second-order valence-electron chi connectivity index (χ2n) is 6.07. The number of benzene rings is 1. The molecule has 0 bridgehead atoms. The van der Waals surface area contributed by atoms with Crippen LogP contribution >= 0.6 is 11.6 Å². The molecule has 1 aromatic rings. The third kappa shape index (κ3) is 3.26. The first-order valence-corrected chi connectivity index (χ1v) is 8.52. The number of fused-ring (bicyclic) bond motifs is 1. The van der Waals surface area contributed by atoms with Gasteiger partial charge in [0.2, 0.25) is 5.91 Å². The highest BCUT2D eigenvalue weighted by atomic mass is 35.5. The van der Waals surface area contributed by atoms with E-state index in [0.29, 0.717) is 23.1 Å². The van der Waals surface area contributed by atoms with Crippen LogP contribution in [-0.2, 0) is 11.3 Å². The van der Waals surface area contributed by atoms with Gasteiger partial charge in [0.1, 0.15) is 0 Å². The maximum Gasteiger partial charge on any atom is 0.224 e. The van der Waals surface area contributed by atoms with Crippen LogP contribution < -0.4 is 14.8 Å². The molecule has 0 saturated carbocycles. The molecule has 2 aliphatic rings. The van der Waals surface area contributed by atoms with Gasteiger partial charge < -0.3 is 14.8 Å². The number of rotatable bonds is 5. The summed E-state index contributed by atoms with van der Waals surface area (Å²) in [5.74, 6) is 1.57. The fourth-order valence-corrected chi connectivity index (χ4v) is 3.96. The zero-order chi connectivity index (χ0) is 16.4. The van der Waals surface area contributed by atoms with E-state index in [0.717, 1.165) is 38.0 Å². The molecule has 2 fully saturated rings. The molecule has 5 nitrogen and oxygen atoms in total. The van der Waals surface area contributed by atoms with Crippen LogP contribution in [0.25, 0.3) is 0 Å². The van der Waals surface area contributed by atoms with E-state index in [1.807, 2.05) is 19.1 Å². The van der Waals surface area contributed by atoms with Gasteiger partial charge in [0.15, 0.2) is 11.5 Å². The number of methoxy groups -OCH3 is 1. The molecule has 0 aromatic heterocycles. The Kier molecular flexibility index (Phi) is 4.97. The van der Waals surface area contributed by atoms with E-state index < -0.39 is 0 Å². The van der Waals surface area contributed by atoms with Gasteiger partial charge in [0.25, 0.3) is 0 Å². The molecular weight excluding hydrogens is 316 g/mol.